The summed E-state index contributed by atoms with van der Waals surface area (Å²) < 4.78 is 6.39. The van der Waals surface area contributed by atoms with Gasteiger partial charge in [-0.25, -0.2) is 0 Å². The summed E-state index contributed by atoms with van der Waals surface area (Å²) in [7, 11) is 1.77. The Morgan fingerprint density at radius 3 is 3.15 bits per heavy atom. The van der Waals surface area contributed by atoms with Crippen LogP contribution in [0.25, 0.3) is 0 Å². The van der Waals surface area contributed by atoms with Crippen molar-refractivity contribution >= 4 is 15.9 Å². The molecular formula is C11H13BrO. The van der Waals surface area contributed by atoms with Gasteiger partial charge in [-0.15, -0.1) is 0 Å². The van der Waals surface area contributed by atoms with Gasteiger partial charge in [0.2, 0.25) is 0 Å². The maximum atomic E-state index is 5.20. The summed E-state index contributed by atoms with van der Waals surface area (Å²) in [6.45, 7) is 0.856. The molecule has 1 aromatic rings. The van der Waals surface area contributed by atoms with E-state index in [2.05, 4.69) is 34.1 Å². The molecule has 0 saturated carbocycles. The van der Waals surface area contributed by atoms with E-state index >= 15 is 0 Å². The molecule has 0 aliphatic heterocycles. The highest BCUT2D eigenvalue weighted by Crippen LogP contribution is 2.34. The summed E-state index contributed by atoms with van der Waals surface area (Å²) >= 11 is 3.49. The van der Waals surface area contributed by atoms with Crippen LogP contribution in [0.5, 0.6) is 0 Å². The van der Waals surface area contributed by atoms with Crippen molar-refractivity contribution in [3.63, 3.8) is 0 Å². The second kappa shape index (κ2) is 3.81. The van der Waals surface area contributed by atoms with Gasteiger partial charge in [0.1, 0.15) is 0 Å². The number of aryl methyl sites for hydroxylation is 1. The molecule has 1 aromatic carbocycles. The van der Waals surface area contributed by atoms with E-state index in [9.17, 15) is 0 Å². The Morgan fingerprint density at radius 1 is 1.54 bits per heavy atom. The molecule has 13 heavy (non-hydrogen) atoms. The maximum absolute atomic E-state index is 5.20. The van der Waals surface area contributed by atoms with Crippen LogP contribution >= 0.6 is 15.9 Å². The van der Waals surface area contributed by atoms with Crippen LogP contribution in [0.4, 0.5) is 0 Å². The van der Waals surface area contributed by atoms with Gasteiger partial charge in [0.15, 0.2) is 0 Å². The summed E-state index contributed by atoms with van der Waals surface area (Å²) in [5.74, 6) is 0.619. The molecule has 0 N–H and O–H groups in total. The number of hydrogen-bond donors (Lipinski definition) is 0. The van der Waals surface area contributed by atoms with Crippen molar-refractivity contribution in [1.82, 2.24) is 0 Å². The summed E-state index contributed by atoms with van der Waals surface area (Å²) in [5.41, 5.74) is 2.96. The molecule has 0 radical (unpaired) electrons. The second-order valence-electron chi connectivity index (χ2n) is 3.53. The maximum Gasteiger partial charge on any atom is 0.0531 e. The Bertz CT molecular complexity index is 309. The van der Waals surface area contributed by atoms with Gasteiger partial charge >= 0.3 is 0 Å². The molecule has 0 spiro atoms. The number of ether oxygens (including phenoxy) is 1. The van der Waals surface area contributed by atoms with Crippen LogP contribution < -0.4 is 0 Å². The molecule has 0 aromatic heterocycles. The van der Waals surface area contributed by atoms with Gasteiger partial charge in [-0.2, -0.15) is 0 Å². The molecule has 0 amide bonds. The van der Waals surface area contributed by atoms with E-state index in [1.165, 1.54) is 28.4 Å². The van der Waals surface area contributed by atoms with Gasteiger partial charge in [0, 0.05) is 17.5 Å². The third-order valence-electron chi connectivity index (χ3n) is 2.67. The number of rotatable bonds is 2. The van der Waals surface area contributed by atoms with Crippen molar-refractivity contribution in [3.05, 3.63) is 33.8 Å². The van der Waals surface area contributed by atoms with Gasteiger partial charge in [0.25, 0.3) is 0 Å². The number of fused-ring (bicyclic) bond motifs is 1. The van der Waals surface area contributed by atoms with E-state index in [0.717, 1.165) is 6.61 Å². The van der Waals surface area contributed by atoms with Crippen molar-refractivity contribution in [3.8, 4) is 0 Å². The fourth-order valence-electron chi connectivity index (χ4n) is 2.05. The minimum Gasteiger partial charge on any atom is -0.384 e. The number of benzene rings is 1. The van der Waals surface area contributed by atoms with Crippen LogP contribution in [0.15, 0.2) is 22.7 Å². The number of halogens is 1. The standard InChI is InChI=1S/C11H13BrO/c1-13-7-9-3-2-8-6-10(12)4-5-11(8)9/h4-6,9H,2-3,7H2,1H3. The number of methoxy groups -OCH3 is 1. The Morgan fingerprint density at radius 2 is 2.38 bits per heavy atom. The second-order valence-corrected chi connectivity index (χ2v) is 4.45. The zero-order valence-corrected chi connectivity index (χ0v) is 9.30. The average molecular weight is 241 g/mol. The lowest BCUT2D eigenvalue weighted by atomic mass is 10.0. The monoisotopic (exact) mass is 240 g/mol. The molecule has 1 atom stereocenters. The van der Waals surface area contributed by atoms with Crippen molar-refractivity contribution in [1.29, 1.82) is 0 Å². The zero-order chi connectivity index (χ0) is 9.26. The predicted molar refractivity (Wildman–Crippen MR) is 57.1 cm³/mol. The Labute approximate surface area is 87.2 Å². The molecule has 1 unspecified atom stereocenters. The molecule has 2 heteroatoms. The minimum atomic E-state index is 0.619. The lowest BCUT2D eigenvalue weighted by molar-refractivity contribution is 0.179. The summed E-state index contributed by atoms with van der Waals surface area (Å²) in [6.07, 6.45) is 2.43. The van der Waals surface area contributed by atoms with Gasteiger partial charge in [-0.3, -0.25) is 0 Å². The Balaban J connectivity index is 2.27. The van der Waals surface area contributed by atoms with Crippen LogP contribution in [0.3, 0.4) is 0 Å². The molecule has 0 saturated heterocycles. The molecular weight excluding hydrogens is 228 g/mol. The smallest absolute Gasteiger partial charge is 0.0531 e. The lowest BCUT2D eigenvalue weighted by Crippen LogP contribution is -2.01. The first kappa shape index (κ1) is 9.22. The molecule has 0 heterocycles. The molecule has 0 bridgehead atoms. The molecule has 1 aliphatic rings. The van der Waals surface area contributed by atoms with Crippen LogP contribution in [0.2, 0.25) is 0 Å². The largest absolute Gasteiger partial charge is 0.384 e. The molecule has 0 fully saturated rings. The molecule has 1 aliphatic carbocycles. The van der Waals surface area contributed by atoms with E-state index in [0.29, 0.717) is 5.92 Å². The van der Waals surface area contributed by atoms with Crippen molar-refractivity contribution in [2.24, 2.45) is 0 Å². The quantitative estimate of drug-likeness (QED) is 0.772. The third-order valence-corrected chi connectivity index (χ3v) is 3.17. The van der Waals surface area contributed by atoms with Gasteiger partial charge in [-0.05, 0) is 36.1 Å². The first-order valence-electron chi connectivity index (χ1n) is 4.58. The highest BCUT2D eigenvalue weighted by atomic mass is 79.9. The van der Waals surface area contributed by atoms with E-state index in [1.807, 2.05) is 0 Å². The van der Waals surface area contributed by atoms with Crippen LogP contribution in [0, 0.1) is 0 Å². The minimum absolute atomic E-state index is 0.619. The van der Waals surface area contributed by atoms with E-state index in [-0.39, 0.29) is 0 Å². The van der Waals surface area contributed by atoms with Crippen LogP contribution in [-0.2, 0) is 11.2 Å². The number of hydrogen-bond acceptors (Lipinski definition) is 1. The van der Waals surface area contributed by atoms with E-state index in [1.54, 1.807) is 7.11 Å². The molecule has 1 nitrogen and oxygen atoms in total. The zero-order valence-electron chi connectivity index (χ0n) is 7.72. The predicted octanol–water partition coefficient (Wildman–Crippen LogP) is 3.13. The summed E-state index contributed by atoms with van der Waals surface area (Å²) in [5, 5.41) is 0. The third kappa shape index (κ3) is 1.79. The van der Waals surface area contributed by atoms with Crippen molar-refractivity contribution < 1.29 is 4.74 Å². The fourth-order valence-corrected chi connectivity index (χ4v) is 2.46. The topological polar surface area (TPSA) is 9.23 Å². The normalized spacial score (nSPS) is 20.3. The van der Waals surface area contributed by atoms with Crippen molar-refractivity contribution in [2.45, 2.75) is 18.8 Å². The lowest BCUT2D eigenvalue weighted by Gasteiger charge is -2.09. The van der Waals surface area contributed by atoms with Gasteiger partial charge in [0.05, 0.1) is 6.61 Å². The molecule has 70 valence electrons. The SMILES string of the molecule is COCC1CCc2cc(Br)ccc21. The van der Waals surface area contributed by atoms with Crippen LogP contribution in [0.1, 0.15) is 23.5 Å². The Kier molecular flexibility index (Phi) is 2.70. The van der Waals surface area contributed by atoms with Crippen molar-refractivity contribution in [2.75, 3.05) is 13.7 Å². The summed E-state index contributed by atoms with van der Waals surface area (Å²) in [4.78, 5) is 0. The molecule has 2 rings (SSSR count). The first-order chi connectivity index (χ1) is 6.31. The van der Waals surface area contributed by atoms with E-state index < -0.39 is 0 Å². The van der Waals surface area contributed by atoms with Gasteiger partial charge < -0.3 is 4.74 Å². The average Bonchev–Trinajstić information content (AvgIpc) is 2.49. The van der Waals surface area contributed by atoms with Gasteiger partial charge in [-0.1, -0.05) is 22.0 Å². The van der Waals surface area contributed by atoms with Crippen LogP contribution in [-0.4, -0.2) is 13.7 Å². The Hall–Kier alpha value is -0.340. The first-order valence-corrected chi connectivity index (χ1v) is 5.38. The van der Waals surface area contributed by atoms with E-state index in [4.69, 9.17) is 4.74 Å². The highest BCUT2D eigenvalue weighted by Gasteiger charge is 2.21. The summed E-state index contributed by atoms with van der Waals surface area (Å²) in [6, 6.07) is 6.56. The highest BCUT2D eigenvalue weighted by molar-refractivity contribution is 9.10. The fraction of sp³-hybridized carbons (Fsp3) is 0.455.